The SMILES string of the molecule is CCC(C)N(C)C(=O)c1cccc(C)c1O. The number of aryl methyl sites for hydroxylation is 1. The van der Waals surface area contributed by atoms with Crippen LogP contribution in [0.3, 0.4) is 0 Å². The lowest BCUT2D eigenvalue weighted by molar-refractivity contribution is 0.0737. The van der Waals surface area contributed by atoms with Crippen molar-refractivity contribution in [3.8, 4) is 5.75 Å². The van der Waals surface area contributed by atoms with Crippen molar-refractivity contribution in [2.45, 2.75) is 33.2 Å². The topological polar surface area (TPSA) is 40.5 Å². The van der Waals surface area contributed by atoms with E-state index in [9.17, 15) is 9.90 Å². The number of nitrogens with zero attached hydrogens (tertiary/aromatic N) is 1. The van der Waals surface area contributed by atoms with Crippen LogP contribution in [0.4, 0.5) is 0 Å². The predicted octanol–water partition coefficient (Wildman–Crippen LogP) is 2.57. The lowest BCUT2D eigenvalue weighted by atomic mass is 10.1. The van der Waals surface area contributed by atoms with Crippen LogP contribution >= 0.6 is 0 Å². The number of phenolic OH excluding ortho intramolecular Hbond substituents is 1. The molecule has 88 valence electrons. The Kier molecular flexibility index (Phi) is 3.93. The number of carbonyl (C=O) groups is 1. The van der Waals surface area contributed by atoms with Crippen LogP contribution in [0, 0.1) is 6.92 Å². The first-order valence-electron chi connectivity index (χ1n) is 5.54. The molecule has 1 atom stereocenters. The molecule has 1 aromatic carbocycles. The van der Waals surface area contributed by atoms with Gasteiger partial charge in [-0.1, -0.05) is 19.1 Å². The Bertz CT molecular complexity index is 388. The lowest BCUT2D eigenvalue weighted by Crippen LogP contribution is -2.34. The van der Waals surface area contributed by atoms with E-state index in [0.717, 1.165) is 12.0 Å². The monoisotopic (exact) mass is 221 g/mol. The fraction of sp³-hybridized carbons (Fsp3) is 0.462. The first-order valence-corrected chi connectivity index (χ1v) is 5.54. The molecule has 0 aliphatic rings. The van der Waals surface area contributed by atoms with Crippen LogP contribution in [0.1, 0.15) is 36.2 Å². The van der Waals surface area contributed by atoms with E-state index in [4.69, 9.17) is 0 Å². The summed E-state index contributed by atoms with van der Waals surface area (Å²) in [5, 5.41) is 9.82. The third kappa shape index (κ3) is 2.35. The molecular formula is C13H19NO2. The van der Waals surface area contributed by atoms with Crippen molar-refractivity contribution in [2.24, 2.45) is 0 Å². The fourth-order valence-corrected chi connectivity index (χ4v) is 1.50. The van der Waals surface area contributed by atoms with Crippen molar-refractivity contribution in [1.29, 1.82) is 0 Å². The molecular weight excluding hydrogens is 202 g/mol. The zero-order valence-corrected chi connectivity index (χ0v) is 10.3. The van der Waals surface area contributed by atoms with Crippen LogP contribution in [-0.2, 0) is 0 Å². The molecule has 0 aliphatic carbocycles. The number of amides is 1. The first-order chi connectivity index (χ1) is 7.49. The summed E-state index contributed by atoms with van der Waals surface area (Å²) in [6.07, 6.45) is 0.898. The Hall–Kier alpha value is -1.51. The smallest absolute Gasteiger partial charge is 0.257 e. The predicted molar refractivity (Wildman–Crippen MR) is 64.7 cm³/mol. The molecule has 1 amide bonds. The Labute approximate surface area is 96.7 Å². The number of aromatic hydroxyl groups is 1. The second-order valence-corrected chi connectivity index (χ2v) is 4.14. The maximum absolute atomic E-state index is 12.1. The summed E-state index contributed by atoms with van der Waals surface area (Å²) >= 11 is 0. The van der Waals surface area contributed by atoms with Crippen LogP contribution in [0.15, 0.2) is 18.2 Å². The molecule has 0 radical (unpaired) electrons. The Morgan fingerprint density at radius 1 is 1.50 bits per heavy atom. The van der Waals surface area contributed by atoms with Gasteiger partial charge in [0.25, 0.3) is 5.91 Å². The Balaban J connectivity index is 3.01. The van der Waals surface area contributed by atoms with Crippen molar-refractivity contribution in [1.82, 2.24) is 4.90 Å². The maximum Gasteiger partial charge on any atom is 0.257 e. The van der Waals surface area contributed by atoms with E-state index in [1.807, 2.05) is 13.8 Å². The van der Waals surface area contributed by atoms with Crippen molar-refractivity contribution >= 4 is 5.91 Å². The molecule has 0 saturated carbocycles. The zero-order chi connectivity index (χ0) is 12.3. The number of phenols is 1. The van der Waals surface area contributed by atoms with Crippen molar-refractivity contribution in [2.75, 3.05) is 7.05 Å². The molecule has 0 bridgehead atoms. The fourth-order valence-electron chi connectivity index (χ4n) is 1.50. The number of benzene rings is 1. The lowest BCUT2D eigenvalue weighted by Gasteiger charge is -2.24. The van der Waals surface area contributed by atoms with Gasteiger partial charge in [-0.05, 0) is 31.9 Å². The summed E-state index contributed by atoms with van der Waals surface area (Å²) in [7, 11) is 1.76. The van der Waals surface area contributed by atoms with Crippen LogP contribution in [-0.4, -0.2) is 29.0 Å². The highest BCUT2D eigenvalue weighted by Gasteiger charge is 2.19. The molecule has 3 heteroatoms. The summed E-state index contributed by atoms with van der Waals surface area (Å²) in [5.74, 6) is -0.0433. The zero-order valence-electron chi connectivity index (χ0n) is 10.3. The van der Waals surface area contributed by atoms with Crippen molar-refractivity contribution < 1.29 is 9.90 Å². The van der Waals surface area contributed by atoms with E-state index < -0.39 is 0 Å². The van der Waals surface area contributed by atoms with Crippen molar-refractivity contribution in [3.05, 3.63) is 29.3 Å². The average molecular weight is 221 g/mol. The summed E-state index contributed by atoms with van der Waals surface area (Å²) in [4.78, 5) is 13.7. The molecule has 0 fully saturated rings. The maximum atomic E-state index is 12.1. The van der Waals surface area contributed by atoms with Gasteiger partial charge >= 0.3 is 0 Å². The number of para-hydroxylation sites is 1. The van der Waals surface area contributed by atoms with Crippen LogP contribution in [0.2, 0.25) is 0 Å². The van der Waals surface area contributed by atoms with Gasteiger partial charge in [0.2, 0.25) is 0 Å². The van der Waals surface area contributed by atoms with E-state index >= 15 is 0 Å². The number of carbonyl (C=O) groups excluding carboxylic acids is 1. The largest absolute Gasteiger partial charge is 0.507 e. The third-order valence-electron chi connectivity index (χ3n) is 3.04. The van der Waals surface area contributed by atoms with E-state index in [2.05, 4.69) is 0 Å². The molecule has 1 rings (SSSR count). The van der Waals surface area contributed by atoms with Gasteiger partial charge in [0.15, 0.2) is 0 Å². The number of hydrogen-bond donors (Lipinski definition) is 1. The quantitative estimate of drug-likeness (QED) is 0.852. The summed E-state index contributed by atoms with van der Waals surface area (Å²) in [5.41, 5.74) is 1.10. The normalized spacial score (nSPS) is 12.2. The summed E-state index contributed by atoms with van der Waals surface area (Å²) in [6.45, 7) is 5.81. The molecule has 3 nitrogen and oxygen atoms in total. The number of hydrogen-bond acceptors (Lipinski definition) is 2. The highest BCUT2D eigenvalue weighted by Crippen LogP contribution is 2.23. The summed E-state index contributed by atoms with van der Waals surface area (Å²) in [6, 6.07) is 5.40. The molecule has 1 unspecified atom stereocenters. The minimum Gasteiger partial charge on any atom is -0.507 e. The van der Waals surface area contributed by atoms with Gasteiger partial charge < -0.3 is 10.0 Å². The highest BCUT2D eigenvalue weighted by molar-refractivity contribution is 5.97. The molecule has 1 aromatic rings. The standard InChI is InChI=1S/C13H19NO2/c1-5-10(3)14(4)13(16)11-8-6-7-9(2)12(11)15/h6-8,10,15H,5H2,1-4H3. The molecule has 0 saturated heterocycles. The van der Waals surface area contributed by atoms with Crippen LogP contribution in [0.5, 0.6) is 5.75 Å². The second-order valence-electron chi connectivity index (χ2n) is 4.14. The Morgan fingerprint density at radius 2 is 2.12 bits per heavy atom. The van der Waals surface area contributed by atoms with E-state index in [0.29, 0.717) is 5.56 Å². The molecule has 1 N–H and O–H groups in total. The second kappa shape index (κ2) is 5.01. The van der Waals surface area contributed by atoms with Gasteiger partial charge in [-0.2, -0.15) is 0 Å². The van der Waals surface area contributed by atoms with Gasteiger partial charge in [-0.15, -0.1) is 0 Å². The molecule has 0 aromatic heterocycles. The van der Waals surface area contributed by atoms with E-state index in [1.54, 1.807) is 37.1 Å². The molecule has 0 aliphatic heterocycles. The van der Waals surface area contributed by atoms with Crippen LogP contribution < -0.4 is 0 Å². The molecule has 16 heavy (non-hydrogen) atoms. The molecule has 0 spiro atoms. The third-order valence-corrected chi connectivity index (χ3v) is 3.04. The minimum atomic E-state index is -0.129. The van der Waals surface area contributed by atoms with E-state index in [1.165, 1.54) is 0 Å². The molecule has 0 heterocycles. The van der Waals surface area contributed by atoms with Gasteiger partial charge in [0.05, 0.1) is 5.56 Å². The Morgan fingerprint density at radius 3 is 2.69 bits per heavy atom. The average Bonchev–Trinajstić information content (AvgIpc) is 2.29. The van der Waals surface area contributed by atoms with Crippen LogP contribution in [0.25, 0.3) is 0 Å². The number of rotatable bonds is 3. The van der Waals surface area contributed by atoms with Gasteiger partial charge in [-0.3, -0.25) is 4.79 Å². The highest BCUT2D eigenvalue weighted by atomic mass is 16.3. The van der Waals surface area contributed by atoms with Gasteiger partial charge in [-0.25, -0.2) is 0 Å². The van der Waals surface area contributed by atoms with Crippen molar-refractivity contribution in [3.63, 3.8) is 0 Å². The van der Waals surface area contributed by atoms with Gasteiger partial charge in [0.1, 0.15) is 5.75 Å². The minimum absolute atomic E-state index is 0.0858. The first kappa shape index (κ1) is 12.6. The van der Waals surface area contributed by atoms with E-state index in [-0.39, 0.29) is 17.7 Å². The summed E-state index contributed by atoms with van der Waals surface area (Å²) < 4.78 is 0. The van der Waals surface area contributed by atoms with Gasteiger partial charge in [0, 0.05) is 13.1 Å².